The molecule has 1 amide bonds. The van der Waals surface area contributed by atoms with Gasteiger partial charge in [-0.3, -0.25) is 9.59 Å². The lowest BCUT2D eigenvalue weighted by Crippen LogP contribution is -2.51. The number of thioether (sulfide) groups is 1. The van der Waals surface area contributed by atoms with Gasteiger partial charge >= 0.3 is 0 Å². The molecule has 1 aliphatic rings. The SMILES string of the molecule is Cc1cc(=O)[nH]c(SC(C)C(=O)N2CCN(c3ncn[nH]3)CC2)n1. The van der Waals surface area contributed by atoms with Crippen LogP contribution in [0.4, 0.5) is 5.95 Å². The molecule has 24 heavy (non-hydrogen) atoms. The van der Waals surface area contributed by atoms with E-state index in [1.165, 1.54) is 24.2 Å². The Kier molecular flexibility index (Phi) is 4.84. The molecule has 0 aliphatic carbocycles. The molecule has 2 N–H and O–H groups in total. The number of hydrogen-bond acceptors (Lipinski definition) is 7. The second-order valence-electron chi connectivity index (χ2n) is 5.57. The molecular formula is C14H19N7O2S. The van der Waals surface area contributed by atoms with Crippen molar-refractivity contribution in [1.82, 2.24) is 30.0 Å². The Morgan fingerprint density at radius 3 is 2.71 bits per heavy atom. The summed E-state index contributed by atoms with van der Waals surface area (Å²) in [4.78, 5) is 39.0. The van der Waals surface area contributed by atoms with E-state index in [-0.39, 0.29) is 16.7 Å². The van der Waals surface area contributed by atoms with Crippen LogP contribution < -0.4 is 10.5 Å². The predicted molar refractivity (Wildman–Crippen MR) is 90.1 cm³/mol. The highest BCUT2D eigenvalue weighted by atomic mass is 32.2. The molecular weight excluding hydrogens is 330 g/mol. The van der Waals surface area contributed by atoms with Crippen molar-refractivity contribution in [3.8, 4) is 0 Å². The van der Waals surface area contributed by atoms with Crippen molar-refractivity contribution in [2.75, 3.05) is 31.1 Å². The number of anilines is 1. The number of aromatic nitrogens is 5. The number of hydrogen-bond donors (Lipinski definition) is 2. The third-order valence-electron chi connectivity index (χ3n) is 3.78. The number of aromatic amines is 2. The maximum atomic E-state index is 12.6. The Morgan fingerprint density at radius 2 is 2.08 bits per heavy atom. The Bertz CT molecular complexity index is 753. The van der Waals surface area contributed by atoms with Gasteiger partial charge in [-0.25, -0.2) is 10.1 Å². The summed E-state index contributed by atoms with van der Waals surface area (Å²) in [5.41, 5.74) is 0.437. The van der Waals surface area contributed by atoms with E-state index in [0.717, 1.165) is 5.95 Å². The van der Waals surface area contributed by atoms with Gasteiger partial charge in [0.2, 0.25) is 11.9 Å². The van der Waals surface area contributed by atoms with Gasteiger partial charge in [0.1, 0.15) is 6.33 Å². The number of rotatable bonds is 4. The Labute approximate surface area is 142 Å². The van der Waals surface area contributed by atoms with Crippen LogP contribution in [0.2, 0.25) is 0 Å². The number of nitrogens with zero attached hydrogens (tertiary/aromatic N) is 5. The molecule has 1 saturated heterocycles. The van der Waals surface area contributed by atoms with Crippen molar-refractivity contribution in [3.05, 3.63) is 28.4 Å². The summed E-state index contributed by atoms with van der Waals surface area (Å²) in [5.74, 6) is 0.771. The monoisotopic (exact) mass is 349 g/mol. The molecule has 2 aromatic heterocycles. The van der Waals surface area contributed by atoms with Gasteiger partial charge in [0, 0.05) is 37.9 Å². The molecule has 1 aliphatic heterocycles. The van der Waals surface area contributed by atoms with Crippen LogP contribution in [0.1, 0.15) is 12.6 Å². The zero-order chi connectivity index (χ0) is 17.1. The number of nitrogens with one attached hydrogen (secondary N) is 2. The highest BCUT2D eigenvalue weighted by Gasteiger charge is 2.26. The molecule has 0 radical (unpaired) electrons. The molecule has 10 heteroatoms. The third kappa shape index (κ3) is 3.75. The number of carbonyl (C=O) groups excluding carboxylic acids is 1. The Hall–Kier alpha value is -2.36. The number of H-pyrrole nitrogens is 2. The minimum atomic E-state index is -0.313. The van der Waals surface area contributed by atoms with E-state index in [1.807, 2.05) is 11.8 Å². The lowest BCUT2D eigenvalue weighted by atomic mass is 10.3. The van der Waals surface area contributed by atoms with Gasteiger partial charge in [0.25, 0.3) is 5.56 Å². The third-order valence-corrected chi connectivity index (χ3v) is 4.75. The summed E-state index contributed by atoms with van der Waals surface area (Å²) in [6, 6.07) is 1.43. The lowest BCUT2D eigenvalue weighted by Gasteiger charge is -2.35. The molecule has 1 unspecified atom stereocenters. The zero-order valence-electron chi connectivity index (χ0n) is 13.5. The number of aryl methyl sites for hydroxylation is 1. The van der Waals surface area contributed by atoms with Crippen LogP contribution in [0, 0.1) is 6.92 Å². The first kappa shape index (κ1) is 16.5. The summed E-state index contributed by atoms with van der Waals surface area (Å²) in [5, 5.41) is 6.84. The zero-order valence-corrected chi connectivity index (χ0v) is 14.3. The van der Waals surface area contributed by atoms with Crippen LogP contribution in [-0.4, -0.2) is 67.4 Å². The average Bonchev–Trinajstić information content (AvgIpc) is 3.07. The van der Waals surface area contributed by atoms with Crippen LogP contribution in [0.3, 0.4) is 0 Å². The van der Waals surface area contributed by atoms with Crippen molar-refractivity contribution in [2.45, 2.75) is 24.3 Å². The van der Waals surface area contributed by atoms with Gasteiger partial charge < -0.3 is 14.8 Å². The minimum Gasteiger partial charge on any atom is -0.338 e. The smallest absolute Gasteiger partial charge is 0.251 e. The second kappa shape index (κ2) is 7.04. The van der Waals surface area contributed by atoms with Gasteiger partial charge in [-0.05, 0) is 13.8 Å². The number of amides is 1. The topological polar surface area (TPSA) is 111 Å². The summed E-state index contributed by atoms with van der Waals surface area (Å²) in [6.07, 6.45) is 1.47. The fourth-order valence-corrected chi connectivity index (χ4v) is 3.51. The molecule has 3 heterocycles. The highest BCUT2D eigenvalue weighted by molar-refractivity contribution is 8.00. The molecule has 128 valence electrons. The predicted octanol–water partition coefficient (Wildman–Crippen LogP) is 0.0258. The van der Waals surface area contributed by atoms with Crippen molar-refractivity contribution in [2.24, 2.45) is 0 Å². The Balaban J connectivity index is 1.57. The quantitative estimate of drug-likeness (QED) is 0.591. The van der Waals surface area contributed by atoms with Gasteiger partial charge in [0.05, 0.1) is 5.25 Å². The maximum Gasteiger partial charge on any atom is 0.251 e. The van der Waals surface area contributed by atoms with Crippen LogP contribution in [0.25, 0.3) is 0 Å². The summed E-state index contributed by atoms with van der Waals surface area (Å²) >= 11 is 1.27. The molecule has 9 nitrogen and oxygen atoms in total. The van der Waals surface area contributed by atoms with Crippen LogP contribution in [-0.2, 0) is 4.79 Å². The summed E-state index contributed by atoms with van der Waals surface area (Å²) < 4.78 is 0. The van der Waals surface area contributed by atoms with E-state index in [1.54, 1.807) is 6.92 Å². The number of carbonyl (C=O) groups is 1. The van der Waals surface area contributed by atoms with Gasteiger partial charge in [0.15, 0.2) is 5.16 Å². The van der Waals surface area contributed by atoms with E-state index < -0.39 is 0 Å². The van der Waals surface area contributed by atoms with E-state index in [0.29, 0.717) is 37.0 Å². The molecule has 0 saturated carbocycles. The van der Waals surface area contributed by atoms with Crippen molar-refractivity contribution >= 4 is 23.6 Å². The van der Waals surface area contributed by atoms with E-state index >= 15 is 0 Å². The number of piperazine rings is 1. The standard InChI is InChI=1S/C14H19N7O2S/c1-9-7-11(22)18-14(17-9)24-10(2)12(23)20-3-5-21(6-4-20)13-15-8-16-19-13/h7-8,10H,3-6H2,1-2H3,(H,15,16,19)(H,17,18,22). The molecule has 1 fully saturated rings. The molecule has 0 bridgehead atoms. The average molecular weight is 349 g/mol. The molecule has 2 aromatic rings. The normalized spacial score (nSPS) is 16.2. The summed E-state index contributed by atoms with van der Waals surface area (Å²) in [6.45, 7) is 6.26. The first-order valence-corrected chi connectivity index (χ1v) is 8.54. The molecule has 0 aromatic carbocycles. The molecule has 1 atom stereocenters. The molecule has 3 rings (SSSR count). The van der Waals surface area contributed by atoms with E-state index in [4.69, 9.17) is 0 Å². The summed E-state index contributed by atoms with van der Waals surface area (Å²) in [7, 11) is 0. The van der Waals surface area contributed by atoms with Gasteiger partial charge in [-0.2, -0.15) is 10.1 Å². The van der Waals surface area contributed by atoms with Crippen LogP contribution >= 0.6 is 11.8 Å². The lowest BCUT2D eigenvalue weighted by molar-refractivity contribution is -0.130. The maximum absolute atomic E-state index is 12.6. The van der Waals surface area contributed by atoms with E-state index in [2.05, 4.69) is 30.0 Å². The van der Waals surface area contributed by atoms with Crippen molar-refractivity contribution in [1.29, 1.82) is 0 Å². The van der Waals surface area contributed by atoms with Crippen molar-refractivity contribution in [3.63, 3.8) is 0 Å². The largest absolute Gasteiger partial charge is 0.338 e. The highest BCUT2D eigenvalue weighted by Crippen LogP contribution is 2.21. The minimum absolute atomic E-state index is 0.0429. The van der Waals surface area contributed by atoms with Gasteiger partial charge in [-0.1, -0.05) is 11.8 Å². The fourth-order valence-electron chi connectivity index (χ4n) is 2.57. The fraction of sp³-hybridized carbons (Fsp3) is 0.500. The second-order valence-corrected chi connectivity index (χ2v) is 6.90. The van der Waals surface area contributed by atoms with Crippen LogP contribution in [0.15, 0.2) is 22.3 Å². The Morgan fingerprint density at radius 1 is 1.33 bits per heavy atom. The molecule has 0 spiro atoms. The van der Waals surface area contributed by atoms with Crippen LogP contribution in [0.5, 0.6) is 0 Å². The van der Waals surface area contributed by atoms with E-state index in [9.17, 15) is 9.59 Å². The first-order valence-electron chi connectivity index (χ1n) is 7.66. The van der Waals surface area contributed by atoms with Gasteiger partial charge in [-0.15, -0.1) is 0 Å². The van der Waals surface area contributed by atoms with Crippen molar-refractivity contribution < 1.29 is 4.79 Å². The first-order chi connectivity index (χ1) is 11.5.